The van der Waals surface area contributed by atoms with Gasteiger partial charge < -0.3 is 10.2 Å². The SMILES string of the molecule is CCNC1CC2CCCC(C1)N2c1cccc(Cl)c1Cl. The standard InChI is InChI=1S/C16H22Cl2N2/c1-2-19-11-9-12-5-3-6-13(10-11)20(12)15-8-4-7-14(17)16(15)18/h4,7-8,11-13,19H,2-3,5-6,9-10H2,1H3. The van der Waals surface area contributed by atoms with E-state index in [4.69, 9.17) is 23.2 Å². The lowest BCUT2D eigenvalue weighted by Gasteiger charge is -2.50. The fraction of sp³-hybridized carbons (Fsp3) is 0.625. The van der Waals surface area contributed by atoms with Gasteiger partial charge in [0.25, 0.3) is 0 Å². The fourth-order valence-electron chi connectivity index (χ4n) is 3.92. The second-order valence-electron chi connectivity index (χ2n) is 5.94. The van der Waals surface area contributed by atoms with Crippen LogP contribution in [0.5, 0.6) is 0 Å². The summed E-state index contributed by atoms with van der Waals surface area (Å²) in [5.74, 6) is 0. The molecule has 0 amide bonds. The minimum Gasteiger partial charge on any atom is -0.364 e. The lowest BCUT2D eigenvalue weighted by atomic mass is 9.81. The summed E-state index contributed by atoms with van der Waals surface area (Å²) in [6.07, 6.45) is 6.30. The van der Waals surface area contributed by atoms with E-state index < -0.39 is 0 Å². The van der Waals surface area contributed by atoms with E-state index in [0.29, 0.717) is 28.2 Å². The zero-order valence-electron chi connectivity index (χ0n) is 11.9. The molecule has 2 unspecified atom stereocenters. The van der Waals surface area contributed by atoms with E-state index in [0.717, 1.165) is 12.2 Å². The monoisotopic (exact) mass is 312 g/mol. The van der Waals surface area contributed by atoms with Gasteiger partial charge in [-0.2, -0.15) is 0 Å². The Morgan fingerprint density at radius 2 is 1.90 bits per heavy atom. The van der Waals surface area contributed by atoms with Crippen molar-refractivity contribution in [3.8, 4) is 0 Å². The molecule has 110 valence electrons. The van der Waals surface area contributed by atoms with Gasteiger partial charge in [-0.15, -0.1) is 0 Å². The van der Waals surface area contributed by atoms with Crippen molar-refractivity contribution in [2.24, 2.45) is 0 Å². The number of piperidine rings is 2. The Kier molecular flexibility index (Phi) is 4.44. The summed E-state index contributed by atoms with van der Waals surface area (Å²) in [7, 11) is 0. The number of halogens is 2. The van der Waals surface area contributed by atoms with E-state index in [2.05, 4.69) is 23.2 Å². The Morgan fingerprint density at radius 3 is 2.55 bits per heavy atom. The summed E-state index contributed by atoms with van der Waals surface area (Å²) < 4.78 is 0. The van der Waals surface area contributed by atoms with Crippen molar-refractivity contribution in [3.63, 3.8) is 0 Å². The summed E-state index contributed by atoms with van der Waals surface area (Å²) in [5.41, 5.74) is 1.13. The van der Waals surface area contributed by atoms with E-state index >= 15 is 0 Å². The van der Waals surface area contributed by atoms with Gasteiger partial charge in [-0.25, -0.2) is 0 Å². The average molecular weight is 313 g/mol. The summed E-state index contributed by atoms with van der Waals surface area (Å²) in [5, 5.41) is 5.00. The predicted molar refractivity (Wildman–Crippen MR) is 87.1 cm³/mol. The van der Waals surface area contributed by atoms with Gasteiger partial charge >= 0.3 is 0 Å². The molecule has 4 heteroatoms. The first-order chi connectivity index (χ1) is 9.70. The first kappa shape index (κ1) is 14.5. The van der Waals surface area contributed by atoms with Gasteiger partial charge in [0.05, 0.1) is 15.7 Å². The largest absolute Gasteiger partial charge is 0.364 e. The number of benzene rings is 1. The molecule has 0 aliphatic carbocycles. The van der Waals surface area contributed by atoms with Crippen LogP contribution in [0.3, 0.4) is 0 Å². The van der Waals surface area contributed by atoms with Crippen molar-refractivity contribution in [2.75, 3.05) is 11.4 Å². The molecule has 2 aliphatic rings. The summed E-state index contributed by atoms with van der Waals surface area (Å²) in [4.78, 5) is 2.55. The van der Waals surface area contributed by atoms with Crippen LogP contribution in [0.25, 0.3) is 0 Å². The topological polar surface area (TPSA) is 15.3 Å². The van der Waals surface area contributed by atoms with E-state index in [-0.39, 0.29) is 0 Å². The Balaban J connectivity index is 1.88. The first-order valence-electron chi connectivity index (χ1n) is 7.66. The molecule has 2 fully saturated rings. The highest BCUT2D eigenvalue weighted by Crippen LogP contribution is 2.42. The lowest BCUT2D eigenvalue weighted by molar-refractivity contribution is 0.247. The Hall–Kier alpha value is -0.440. The van der Waals surface area contributed by atoms with Gasteiger partial charge in [-0.3, -0.25) is 0 Å². The molecular weight excluding hydrogens is 291 g/mol. The molecular formula is C16H22Cl2N2. The number of nitrogens with one attached hydrogen (secondary N) is 1. The van der Waals surface area contributed by atoms with Crippen molar-refractivity contribution in [1.29, 1.82) is 0 Å². The highest BCUT2D eigenvalue weighted by atomic mass is 35.5. The molecule has 0 aromatic heterocycles. The van der Waals surface area contributed by atoms with Crippen molar-refractivity contribution >= 4 is 28.9 Å². The van der Waals surface area contributed by atoms with Gasteiger partial charge in [0.1, 0.15) is 0 Å². The fourth-order valence-corrected chi connectivity index (χ4v) is 4.32. The van der Waals surface area contributed by atoms with Crippen LogP contribution in [0.2, 0.25) is 10.0 Å². The molecule has 2 atom stereocenters. The minimum atomic E-state index is 0.600. The van der Waals surface area contributed by atoms with Gasteiger partial charge in [0.15, 0.2) is 0 Å². The molecule has 2 heterocycles. The number of nitrogens with zero attached hydrogens (tertiary/aromatic N) is 1. The molecule has 2 nitrogen and oxygen atoms in total. The highest BCUT2D eigenvalue weighted by Gasteiger charge is 2.38. The number of fused-ring (bicyclic) bond motifs is 2. The number of hydrogen-bond donors (Lipinski definition) is 1. The first-order valence-corrected chi connectivity index (χ1v) is 8.42. The second kappa shape index (κ2) is 6.13. The molecule has 2 aliphatic heterocycles. The van der Waals surface area contributed by atoms with Gasteiger partial charge in [0, 0.05) is 18.1 Å². The maximum atomic E-state index is 6.45. The smallest absolute Gasteiger partial charge is 0.0825 e. The Morgan fingerprint density at radius 1 is 1.20 bits per heavy atom. The van der Waals surface area contributed by atoms with E-state index in [1.807, 2.05) is 12.1 Å². The molecule has 1 aromatic carbocycles. The third kappa shape index (κ3) is 2.66. The van der Waals surface area contributed by atoms with Crippen molar-refractivity contribution < 1.29 is 0 Å². The maximum absolute atomic E-state index is 6.45. The molecule has 2 saturated heterocycles. The number of hydrogen-bond acceptors (Lipinski definition) is 2. The van der Waals surface area contributed by atoms with Gasteiger partial charge in [0.2, 0.25) is 0 Å². The molecule has 0 saturated carbocycles. The lowest BCUT2D eigenvalue weighted by Crippen LogP contribution is -2.56. The molecule has 2 bridgehead atoms. The van der Waals surface area contributed by atoms with Crippen LogP contribution in [0.4, 0.5) is 5.69 Å². The van der Waals surface area contributed by atoms with Crippen LogP contribution in [-0.4, -0.2) is 24.7 Å². The third-order valence-corrected chi connectivity index (χ3v) is 5.49. The highest BCUT2D eigenvalue weighted by molar-refractivity contribution is 6.43. The quantitative estimate of drug-likeness (QED) is 0.884. The van der Waals surface area contributed by atoms with Gasteiger partial charge in [-0.1, -0.05) is 36.2 Å². The van der Waals surface area contributed by atoms with Crippen LogP contribution < -0.4 is 10.2 Å². The zero-order chi connectivity index (χ0) is 14.1. The molecule has 0 spiro atoms. The van der Waals surface area contributed by atoms with Crippen LogP contribution in [0, 0.1) is 0 Å². The molecule has 0 radical (unpaired) electrons. The Bertz CT molecular complexity index is 464. The molecule has 1 N–H and O–H groups in total. The second-order valence-corrected chi connectivity index (χ2v) is 6.73. The zero-order valence-corrected chi connectivity index (χ0v) is 13.4. The van der Waals surface area contributed by atoms with Crippen LogP contribution in [-0.2, 0) is 0 Å². The minimum absolute atomic E-state index is 0.600. The van der Waals surface area contributed by atoms with Crippen molar-refractivity contribution in [2.45, 2.75) is 57.2 Å². The summed E-state index contributed by atoms with van der Waals surface area (Å²) in [6.45, 7) is 3.25. The predicted octanol–water partition coefficient (Wildman–Crippen LogP) is 4.49. The molecule has 1 aromatic rings. The Labute approximate surface area is 131 Å². The van der Waals surface area contributed by atoms with E-state index in [1.54, 1.807) is 0 Å². The molecule has 20 heavy (non-hydrogen) atoms. The van der Waals surface area contributed by atoms with Crippen molar-refractivity contribution in [1.82, 2.24) is 5.32 Å². The third-order valence-electron chi connectivity index (χ3n) is 4.68. The number of anilines is 1. The number of rotatable bonds is 3. The van der Waals surface area contributed by atoms with E-state index in [1.165, 1.54) is 32.1 Å². The van der Waals surface area contributed by atoms with E-state index in [9.17, 15) is 0 Å². The normalized spacial score (nSPS) is 29.6. The summed E-state index contributed by atoms with van der Waals surface area (Å²) >= 11 is 12.6. The summed E-state index contributed by atoms with van der Waals surface area (Å²) in [6, 6.07) is 7.85. The van der Waals surface area contributed by atoms with Crippen LogP contribution in [0.1, 0.15) is 39.0 Å². The van der Waals surface area contributed by atoms with Crippen LogP contribution in [0.15, 0.2) is 18.2 Å². The maximum Gasteiger partial charge on any atom is 0.0825 e. The van der Waals surface area contributed by atoms with Crippen molar-refractivity contribution in [3.05, 3.63) is 28.2 Å². The van der Waals surface area contributed by atoms with Gasteiger partial charge in [-0.05, 0) is 50.8 Å². The average Bonchev–Trinajstić information content (AvgIpc) is 2.42. The molecule has 3 rings (SSSR count). The van der Waals surface area contributed by atoms with Crippen LogP contribution >= 0.6 is 23.2 Å².